The maximum absolute atomic E-state index is 12.8. The van der Waals surface area contributed by atoms with Crippen LogP contribution in [0.3, 0.4) is 0 Å². The predicted molar refractivity (Wildman–Crippen MR) is 90.8 cm³/mol. The smallest absolute Gasteiger partial charge is 0.224 e. The van der Waals surface area contributed by atoms with Crippen molar-refractivity contribution >= 4 is 34.2 Å². The molecule has 0 saturated heterocycles. The molecule has 2 N–H and O–H groups in total. The number of hydrogen-bond acceptors (Lipinski definition) is 2. The van der Waals surface area contributed by atoms with E-state index in [1.54, 1.807) is 18.3 Å². The molecule has 0 aliphatic carbocycles. The highest BCUT2D eigenvalue weighted by Gasteiger charge is 2.11. The van der Waals surface area contributed by atoms with Crippen LogP contribution in [0.2, 0.25) is 5.02 Å². The molecule has 6 heteroatoms. The van der Waals surface area contributed by atoms with E-state index in [0.717, 1.165) is 16.5 Å². The third-order valence-electron chi connectivity index (χ3n) is 3.69. The number of ketones is 1. The van der Waals surface area contributed by atoms with Crippen molar-refractivity contribution in [3.8, 4) is 0 Å². The average molecular weight is 345 g/mol. The molecule has 1 heterocycles. The van der Waals surface area contributed by atoms with Gasteiger partial charge in [-0.05, 0) is 48.0 Å². The summed E-state index contributed by atoms with van der Waals surface area (Å²) in [6.07, 6.45) is 1.89. The monoisotopic (exact) mass is 344 g/mol. The maximum Gasteiger partial charge on any atom is 0.224 e. The molecule has 122 valence electrons. The van der Waals surface area contributed by atoms with E-state index < -0.39 is 5.82 Å². The van der Waals surface area contributed by atoms with Crippen molar-refractivity contribution in [2.45, 2.75) is 6.42 Å². The van der Waals surface area contributed by atoms with Crippen LogP contribution in [0.5, 0.6) is 0 Å². The number of nitrogens with one attached hydrogen (secondary N) is 2. The first-order chi connectivity index (χ1) is 11.5. The molecule has 3 rings (SSSR count). The molecule has 3 aromatic rings. The number of amides is 1. The lowest BCUT2D eigenvalue weighted by Crippen LogP contribution is -2.30. The molecular weight excluding hydrogens is 331 g/mol. The molecule has 0 unspecified atom stereocenters. The van der Waals surface area contributed by atoms with Gasteiger partial charge in [0.2, 0.25) is 5.91 Å². The summed E-state index contributed by atoms with van der Waals surface area (Å²) in [5.74, 6) is -0.953. The zero-order valence-electron chi connectivity index (χ0n) is 12.6. The highest BCUT2D eigenvalue weighted by molar-refractivity contribution is 6.31. The highest BCUT2D eigenvalue weighted by atomic mass is 35.5. The van der Waals surface area contributed by atoms with Crippen molar-refractivity contribution in [3.63, 3.8) is 0 Å². The second-order valence-corrected chi connectivity index (χ2v) is 5.82. The summed E-state index contributed by atoms with van der Waals surface area (Å²) in [4.78, 5) is 27.1. The fourth-order valence-corrected chi connectivity index (χ4v) is 2.62. The van der Waals surface area contributed by atoms with E-state index >= 15 is 0 Å². The molecule has 0 aliphatic heterocycles. The van der Waals surface area contributed by atoms with Crippen molar-refractivity contribution in [2.24, 2.45) is 0 Å². The van der Waals surface area contributed by atoms with Gasteiger partial charge < -0.3 is 10.3 Å². The van der Waals surface area contributed by atoms with Crippen LogP contribution in [0.1, 0.15) is 15.9 Å². The number of carbonyl (C=O) groups is 2. The van der Waals surface area contributed by atoms with Gasteiger partial charge in [0, 0.05) is 27.7 Å². The van der Waals surface area contributed by atoms with Gasteiger partial charge in [-0.1, -0.05) is 11.6 Å². The Hall–Kier alpha value is -2.66. The topological polar surface area (TPSA) is 62.0 Å². The van der Waals surface area contributed by atoms with E-state index in [1.807, 2.05) is 6.07 Å². The number of H-pyrrole nitrogens is 1. The second-order valence-electron chi connectivity index (χ2n) is 5.39. The Morgan fingerprint density at radius 2 is 1.88 bits per heavy atom. The highest BCUT2D eigenvalue weighted by Crippen LogP contribution is 2.22. The summed E-state index contributed by atoms with van der Waals surface area (Å²) in [7, 11) is 0. The summed E-state index contributed by atoms with van der Waals surface area (Å²) in [6.45, 7) is -0.131. The minimum atomic E-state index is -0.409. The van der Waals surface area contributed by atoms with Crippen LogP contribution in [0.25, 0.3) is 10.9 Å². The Bertz CT molecular complexity index is 903. The number of halogens is 2. The van der Waals surface area contributed by atoms with Crippen molar-refractivity contribution in [2.75, 3.05) is 6.54 Å². The van der Waals surface area contributed by atoms with Crippen LogP contribution in [-0.2, 0) is 11.2 Å². The summed E-state index contributed by atoms with van der Waals surface area (Å²) in [5, 5.41) is 4.05. The molecule has 0 fully saturated rings. The van der Waals surface area contributed by atoms with Crippen molar-refractivity contribution in [1.29, 1.82) is 0 Å². The normalized spacial score (nSPS) is 10.8. The molecule has 2 aromatic carbocycles. The number of aromatic amines is 1. The molecule has 1 aromatic heterocycles. The predicted octanol–water partition coefficient (Wildman–Crippen LogP) is 3.50. The largest absolute Gasteiger partial charge is 0.361 e. The van der Waals surface area contributed by atoms with Crippen LogP contribution < -0.4 is 5.32 Å². The van der Waals surface area contributed by atoms with Gasteiger partial charge in [-0.3, -0.25) is 9.59 Å². The Morgan fingerprint density at radius 3 is 2.62 bits per heavy atom. The van der Waals surface area contributed by atoms with Gasteiger partial charge in [0.1, 0.15) is 5.82 Å². The van der Waals surface area contributed by atoms with Gasteiger partial charge in [-0.15, -0.1) is 0 Å². The molecule has 0 bridgehead atoms. The Morgan fingerprint density at radius 1 is 1.12 bits per heavy atom. The molecule has 0 atom stereocenters. The summed E-state index contributed by atoms with van der Waals surface area (Å²) in [5.41, 5.74) is 2.05. The van der Waals surface area contributed by atoms with E-state index in [9.17, 15) is 14.0 Å². The van der Waals surface area contributed by atoms with E-state index in [-0.39, 0.29) is 24.7 Å². The minimum Gasteiger partial charge on any atom is -0.361 e. The van der Waals surface area contributed by atoms with Crippen molar-refractivity contribution < 1.29 is 14.0 Å². The van der Waals surface area contributed by atoms with Crippen molar-refractivity contribution in [3.05, 3.63) is 70.6 Å². The first-order valence-electron chi connectivity index (χ1n) is 7.34. The van der Waals surface area contributed by atoms with Gasteiger partial charge in [-0.2, -0.15) is 0 Å². The van der Waals surface area contributed by atoms with Crippen LogP contribution >= 0.6 is 11.6 Å². The quantitative estimate of drug-likeness (QED) is 0.696. The number of Topliss-reactive ketones (excluding diaryl/α,β-unsaturated/α-hetero) is 1. The van der Waals surface area contributed by atoms with Gasteiger partial charge in [0.05, 0.1) is 13.0 Å². The van der Waals surface area contributed by atoms with Gasteiger partial charge >= 0.3 is 0 Å². The first kappa shape index (κ1) is 16.2. The van der Waals surface area contributed by atoms with Crippen LogP contribution in [0.15, 0.2) is 48.7 Å². The fraction of sp³-hybridized carbons (Fsp3) is 0.111. The molecule has 0 aliphatic rings. The number of hydrogen-bond donors (Lipinski definition) is 2. The summed E-state index contributed by atoms with van der Waals surface area (Å²) in [6, 6.07) is 10.6. The number of aromatic nitrogens is 1. The lowest BCUT2D eigenvalue weighted by molar-refractivity contribution is -0.120. The first-order valence-corrected chi connectivity index (χ1v) is 7.72. The minimum absolute atomic E-state index is 0.131. The van der Waals surface area contributed by atoms with Gasteiger partial charge in [-0.25, -0.2) is 4.39 Å². The Kier molecular flexibility index (Phi) is 4.62. The molecular formula is C18H14ClFN2O2. The SMILES string of the molecule is O=C(Cc1c[nH]c2ccc(Cl)cc12)NCC(=O)c1ccc(F)cc1. The number of carbonyl (C=O) groups excluding carboxylic acids is 2. The number of benzene rings is 2. The molecule has 0 spiro atoms. The molecule has 0 radical (unpaired) electrons. The van der Waals surface area contributed by atoms with Crippen LogP contribution in [0, 0.1) is 5.82 Å². The summed E-state index contributed by atoms with van der Waals surface area (Å²) < 4.78 is 12.8. The lowest BCUT2D eigenvalue weighted by Gasteiger charge is -2.05. The van der Waals surface area contributed by atoms with Crippen LogP contribution in [-0.4, -0.2) is 23.2 Å². The van der Waals surface area contributed by atoms with Crippen LogP contribution in [0.4, 0.5) is 4.39 Å². The lowest BCUT2D eigenvalue weighted by atomic mass is 10.1. The number of fused-ring (bicyclic) bond motifs is 1. The van der Waals surface area contributed by atoms with E-state index in [4.69, 9.17) is 11.6 Å². The van der Waals surface area contributed by atoms with Gasteiger partial charge in [0.25, 0.3) is 0 Å². The number of rotatable bonds is 5. The zero-order chi connectivity index (χ0) is 17.1. The summed E-state index contributed by atoms with van der Waals surface area (Å²) >= 11 is 5.98. The molecule has 24 heavy (non-hydrogen) atoms. The standard InChI is InChI=1S/C18H14ClFN2O2/c19-13-3-6-16-15(8-13)12(9-21-16)7-18(24)22-10-17(23)11-1-4-14(20)5-2-11/h1-6,8-9,21H,7,10H2,(H,22,24). The molecule has 4 nitrogen and oxygen atoms in total. The third-order valence-corrected chi connectivity index (χ3v) is 3.93. The Balaban J connectivity index is 1.62. The van der Waals surface area contributed by atoms with E-state index in [0.29, 0.717) is 10.6 Å². The van der Waals surface area contributed by atoms with E-state index in [1.165, 1.54) is 24.3 Å². The van der Waals surface area contributed by atoms with E-state index in [2.05, 4.69) is 10.3 Å². The molecule has 1 amide bonds. The van der Waals surface area contributed by atoms with Gasteiger partial charge in [0.15, 0.2) is 5.78 Å². The zero-order valence-corrected chi connectivity index (χ0v) is 13.4. The third kappa shape index (κ3) is 3.63. The second kappa shape index (κ2) is 6.84. The maximum atomic E-state index is 12.8. The Labute approximate surface area is 142 Å². The van der Waals surface area contributed by atoms with Crippen molar-refractivity contribution in [1.82, 2.24) is 10.3 Å². The fourth-order valence-electron chi connectivity index (χ4n) is 2.45. The molecule has 0 saturated carbocycles. The average Bonchev–Trinajstić information content (AvgIpc) is 2.95.